The number of hydrogen-bond donors (Lipinski definition) is 0. The molecule has 1 rings (SSSR count). The van der Waals surface area contributed by atoms with Crippen molar-refractivity contribution in [3.63, 3.8) is 0 Å². The number of rotatable bonds is 3. The highest BCUT2D eigenvalue weighted by molar-refractivity contribution is 6.18. The van der Waals surface area contributed by atoms with Crippen molar-refractivity contribution in [2.75, 3.05) is 27.0 Å². The topological polar surface area (TPSA) is 0 Å². The fraction of sp³-hybridized carbons (Fsp3) is 0.385. The van der Waals surface area contributed by atoms with Crippen molar-refractivity contribution < 1.29 is 4.48 Å². The van der Waals surface area contributed by atoms with Gasteiger partial charge in [0.2, 0.25) is 0 Å². The first-order chi connectivity index (χ1) is 6.99. The second-order valence-electron chi connectivity index (χ2n) is 4.38. The number of benzene rings is 1. The Balaban J connectivity index is 0.000000423. The van der Waals surface area contributed by atoms with Gasteiger partial charge in [0.1, 0.15) is 6.54 Å². The lowest BCUT2D eigenvalue weighted by molar-refractivity contribution is -0.884. The molecule has 1 aromatic rings. The second-order valence-corrected chi connectivity index (χ2v) is 4.69. The van der Waals surface area contributed by atoms with E-state index in [4.69, 9.17) is 11.6 Å². The Morgan fingerprint density at radius 1 is 1.20 bits per heavy atom. The average molecular weight is 227 g/mol. The van der Waals surface area contributed by atoms with E-state index in [-0.39, 0.29) is 0 Å². The van der Waals surface area contributed by atoms with Gasteiger partial charge in [0.25, 0.3) is 0 Å². The van der Waals surface area contributed by atoms with Crippen LogP contribution < -0.4 is 0 Å². The highest BCUT2D eigenvalue weighted by atomic mass is 35.5. The van der Waals surface area contributed by atoms with Crippen molar-refractivity contribution in [2.24, 2.45) is 0 Å². The average Bonchev–Trinajstić information content (AvgIpc) is 2.17. The summed E-state index contributed by atoms with van der Waals surface area (Å²) in [6.07, 6.45) is 1.64. The number of alkyl halides is 1. The summed E-state index contributed by atoms with van der Waals surface area (Å²) in [6.45, 7) is 4.45. The van der Waals surface area contributed by atoms with E-state index in [1.807, 2.05) is 0 Å². The SMILES string of the molecule is C=CCCl.C[N+](C)(C)Cc1ccccc1. The second kappa shape index (κ2) is 7.49. The molecule has 0 radical (unpaired) electrons. The highest BCUT2D eigenvalue weighted by Crippen LogP contribution is 2.05. The smallest absolute Gasteiger partial charge is 0.104 e. The van der Waals surface area contributed by atoms with E-state index >= 15 is 0 Å². The summed E-state index contributed by atoms with van der Waals surface area (Å²) in [6, 6.07) is 10.6. The van der Waals surface area contributed by atoms with E-state index in [0.717, 1.165) is 11.0 Å². The largest absolute Gasteiger partial charge is 0.327 e. The summed E-state index contributed by atoms with van der Waals surface area (Å²) in [5, 5.41) is 0. The molecule has 15 heavy (non-hydrogen) atoms. The molecule has 0 fully saturated rings. The zero-order valence-corrected chi connectivity index (χ0v) is 10.7. The number of halogens is 1. The van der Waals surface area contributed by atoms with E-state index < -0.39 is 0 Å². The Kier molecular flexibility index (Phi) is 7.10. The van der Waals surface area contributed by atoms with Crippen LogP contribution in [0.4, 0.5) is 0 Å². The van der Waals surface area contributed by atoms with Gasteiger partial charge in [-0.1, -0.05) is 36.4 Å². The van der Waals surface area contributed by atoms with Crippen molar-refractivity contribution in [2.45, 2.75) is 6.54 Å². The third-order valence-corrected chi connectivity index (χ3v) is 1.83. The molecule has 2 heteroatoms. The lowest BCUT2D eigenvalue weighted by Gasteiger charge is -2.23. The Morgan fingerprint density at radius 2 is 1.67 bits per heavy atom. The van der Waals surface area contributed by atoms with E-state index in [1.165, 1.54) is 5.56 Å². The van der Waals surface area contributed by atoms with Gasteiger partial charge in [-0.15, -0.1) is 18.2 Å². The van der Waals surface area contributed by atoms with Crippen LogP contribution in [0.5, 0.6) is 0 Å². The third-order valence-electron chi connectivity index (χ3n) is 1.61. The van der Waals surface area contributed by atoms with E-state index in [2.05, 4.69) is 58.1 Å². The molecule has 0 atom stereocenters. The molecule has 0 aromatic heterocycles. The first kappa shape index (κ1) is 14.2. The highest BCUT2D eigenvalue weighted by Gasteiger charge is 2.06. The fourth-order valence-electron chi connectivity index (χ4n) is 1.13. The molecular weight excluding hydrogens is 206 g/mol. The van der Waals surface area contributed by atoms with Crippen LogP contribution in [-0.4, -0.2) is 31.5 Å². The quantitative estimate of drug-likeness (QED) is 0.422. The molecule has 0 heterocycles. The number of allylic oxidation sites excluding steroid dienone is 1. The molecule has 0 aliphatic rings. The molecule has 0 bridgehead atoms. The molecule has 0 unspecified atom stereocenters. The lowest BCUT2D eigenvalue weighted by Crippen LogP contribution is -2.33. The fourth-order valence-corrected chi connectivity index (χ4v) is 1.13. The molecule has 0 saturated heterocycles. The van der Waals surface area contributed by atoms with Crippen LogP contribution in [0, 0.1) is 0 Å². The van der Waals surface area contributed by atoms with Crippen LogP contribution in [0.25, 0.3) is 0 Å². The van der Waals surface area contributed by atoms with Crippen LogP contribution in [0.3, 0.4) is 0 Å². The van der Waals surface area contributed by atoms with Crippen molar-refractivity contribution in [3.8, 4) is 0 Å². The van der Waals surface area contributed by atoms with Gasteiger partial charge in [-0.05, 0) is 0 Å². The Labute approximate surface area is 98.6 Å². The summed E-state index contributed by atoms with van der Waals surface area (Å²) in [5.74, 6) is 0.556. The van der Waals surface area contributed by atoms with Gasteiger partial charge >= 0.3 is 0 Å². The molecular formula is C13H21ClN+. The van der Waals surface area contributed by atoms with Gasteiger partial charge in [0.15, 0.2) is 0 Å². The maximum absolute atomic E-state index is 5.07. The summed E-state index contributed by atoms with van der Waals surface area (Å²) in [4.78, 5) is 0. The first-order valence-electron chi connectivity index (χ1n) is 5.01. The minimum Gasteiger partial charge on any atom is -0.327 e. The van der Waals surface area contributed by atoms with Crippen molar-refractivity contribution in [1.82, 2.24) is 0 Å². The number of quaternary nitrogens is 1. The van der Waals surface area contributed by atoms with Crippen LogP contribution in [0.1, 0.15) is 5.56 Å². The molecule has 0 spiro atoms. The van der Waals surface area contributed by atoms with Gasteiger partial charge in [0, 0.05) is 11.4 Å². The van der Waals surface area contributed by atoms with Crippen LogP contribution in [0.2, 0.25) is 0 Å². The van der Waals surface area contributed by atoms with Gasteiger partial charge in [0.05, 0.1) is 21.1 Å². The van der Waals surface area contributed by atoms with Crippen LogP contribution >= 0.6 is 11.6 Å². The first-order valence-corrected chi connectivity index (χ1v) is 5.54. The van der Waals surface area contributed by atoms with Gasteiger partial charge < -0.3 is 4.48 Å². The predicted molar refractivity (Wildman–Crippen MR) is 69.1 cm³/mol. The predicted octanol–water partition coefficient (Wildman–Crippen LogP) is 3.30. The van der Waals surface area contributed by atoms with E-state index in [1.54, 1.807) is 6.08 Å². The lowest BCUT2D eigenvalue weighted by atomic mass is 10.2. The molecule has 0 N–H and O–H groups in total. The third kappa shape index (κ3) is 9.51. The Hall–Kier alpha value is -0.790. The molecule has 1 aromatic carbocycles. The maximum Gasteiger partial charge on any atom is 0.104 e. The maximum atomic E-state index is 5.07. The Morgan fingerprint density at radius 3 is 2.00 bits per heavy atom. The van der Waals surface area contributed by atoms with E-state index in [0.29, 0.717) is 5.88 Å². The van der Waals surface area contributed by atoms with E-state index in [9.17, 15) is 0 Å². The van der Waals surface area contributed by atoms with Gasteiger partial charge in [-0.2, -0.15) is 0 Å². The molecule has 0 aliphatic carbocycles. The van der Waals surface area contributed by atoms with Crippen molar-refractivity contribution in [3.05, 3.63) is 48.6 Å². The molecule has 0 amide bonds. The normalized spacial score (nSPS) is 10.1. The van der Waals surface area contributed by atoms with Crippen molar-refractivity contribution >= 4 is 11.6 Å². The molecule has 0 aliphatic heterocycles. The zero-order valence-electron chi connectivity index (χ0n) is 9.91. The molecule has 0 saturated carbocycles. The Bertz CT molecular complexity index is 262. The van der Waals surface area contributed by atoms with Crippen LogP contribution in [-0.2, 0) is 6.54 Å². The minimum atomic E-state index is 0.556. The monoisotopic (exact) mass is 226 g/mol. The zero-order chi connectivity index (χ0) is 11.7. The molecule has 1 nitrogen and oxygen atoms in total. The minimum absolute atomic E-state index is 0.556. The van der Waals surface area contributed by atoms with Gasteiger partial charge in [-0.25, -0.2) is 0 Å². The summed E-state index contributed by atoms with van der Waals surface area (Å²) in [5.41, 5.74) is 1.40. The molecule has 84 valence electrons. The summed E-state index contributed by atoms with van der Waals surface area (Å²) >= 11 is 5.07. The standard InChI is InChI=1S/C10H16N.C3H5Cl/c1-11(2,3)9-10-7-5-4-6-8-10;1-2-3-4/h4-8H,9H2,1-3H3;2H,1,3H2/q+1;. The van der Waals surface area contributed by atoms with Crippen LogP contribution in [0.15, 0.2) is 43.0 Å². The van der Waals surface area contributed by atoms with Crippen molar-refractivity contribution in [1.29, 1.82) is 0 Å². The number of hydrogen-bond acceptors (Lipinski definition) is 0. The summed E-state index contributed by atoms with van der Waals surface area (Å²) in [7, 11) is 6.60. The van der Waals surface area contributed by atoms with Gasteiger partial charge in [-0.3, -0.25) is 0 Å². The number of nitrogens with zero attached hydrogens (tertiary/aromatic N) is 1. The summed E-state index contributed by atoms with van der Waals surface area (Å²) < 4.78 is 0.990.